The van der Waals surface area contributed by atoms with Crippen molar-refractivity contribution in [1.82, 2.24) is 19.7 Å². The van der Waals surface area contributed by atoms with Gasteiger partial charge in [0, 0.05) is 37.5 Å². The molecule has 1 aromatic carbocycles. The van der Waals surface area contributed by atoms with Crippen LogP contribution < -0.4 is 0 Å². The van der Waals surface area contributed by atoms with Gasteiger partial charge in [-0.25, -0.2) is 0 Å². The van der Waals surface area contributed by atoms with Crippen LogP contribution in [0.15, 0.2) is 12.1 Å². The second kappa shape index (κ2) is 6.19. The Balaban J connectivity index is 1.56. The fourth-order valence-electron chi connectivity index (χ4n) is 3.65. The van der Waals surface area contributed by atoms with Gasteiger partial charge in [0.1, 0.15) is 17.4 Å². The Morgan fingerprint density at radius 2 is 2.04 bits per heavy atom. The van der Waals surface area contributed by atoms with Gasteiger partial charge >= 0.3 is 0 Å². The van der Waals surface area contributed by atoms with Crippen LogP contribution in [-0.2, 0) is 19.5 Å². The summed E-state index contributed by atoms with van der Waals surface area (Å²) in [5.41, 5.74) is 0.678. The Hall–Kier alpha value is -1.34. The topological polar surface area (TPSA) is 74.4 Å². The molecule has 24 heavy (non-hydrogen) atoms. The summed E-state index contributed by atoms with van der Waals surface area (Å²) >= 11 is 12.4. The lowest BCUT2D eigenvalue weighted by Crippen LogP contribution is -2.23. The number of rotatable bonds is 3. The van der Waals surface area contributed by atoms with Crippen LogP contribution in [0.1, 0.15) is 29.6 Å². The quantitative estimate of drug-likeness (QED) is 0.868. The number of hydrogen-bond acceptors (Lipinski definition) is 5. The second-order valence-corrected chi connectivity index (χ2v) is 7.30. The summed E-state index contributed by atoms with van der Waals surface area (Å²) in [5, 5.41) is 29.3. The van der Waals surface area contributed by atoms with Gasteiger partial charge in [-0.2, -0.15) is 0 Å². The van der Waals surface area contributed by atoms with Crippen LogP contribution in [0.2, 0.25) is 10.0 Å². The van der Waals surface area contributed by atoms with E-state index in [2.05, 4.69) is 19.7 Å². The molecule has 0 aliphatic carbocycles. The number of hydrogen-bond donors (Lipinski definition) is 2. The van der Waals surface area contributed by atoms with Gasteiger partial charge in [0.25, 0.3) is 0 Å². The Bertz CT molecular complexity index is 780. The molecule has 4 rings (SSSR count). The fraction of sp³-hybridized carbons (Fsp3) is 0.500. The molecule has 0 bridgehead atoms. The molecule has 6 nitrogen and oxygen atoms in total. The molecular formula is C16H18Cl2N4O2. The standard InChI is InChI=1S/C16H18Cl2N4O2/c17-11-1-2-12(24)15(16(11)18)9-5-13-19-20-14(22(13)6-9)8-21-4-3-10(23)7-21/h1-2,9-10,23-24H,3-8H2. The lowest BCUT2D eigenvalue weighted by molar-refractivity contribution is 0.173. The maximum absolute atomic E-state index is 10.2. The van der Waals surface area contributed by atoms with Crippen molar-refractivity contribution in [1.29, 1.82) is 0 Å². The van der Waals surface area contributed by atoms with Gasteiger partial charge in [0.2, 0.25) is 0 Å². The lowest BCUT2D eigenvalue weighted by Gasteiger charge is -2.16. The highest BCUT2D eigenvalue weighted by molar-refractivity contribution is 6.42. The number of β-amino-alcohol motifs (C(OH)–C–C–N with tert-alkyl or cyclic N) is 1. The Labute approximate surface area is 149 Å². The number of benzene rings is 1. The number of likely N-dealkylation sites (tertiary alicyclic amines) is 1. The Morgan fingerprint density at radius 1 is 1.21 bits per heavy atom. The number of halogens is 2. The molecule has 2 aliphatic rings. The van der Waals surface area contributed by atoms with Crippen LogP contribution >= 0.6 is 23.2 Å². The van der Waals surface area contributed by atoms with Crippen molar-refractivity contribution in [2.75, 3.05) is 13.1 Å². The third-order valence-corrected chi connectivity index (χ3v) is 5.69. The highest BCUT2D eigenvalue weighted by atomic mass is 35.5. The van der Waals surface area contributed by atoms with E-state index in [4.69, 9.17) is 23.2 Å². The number of aliphatic hydroxyl groups excluding tert-OH is 1. The van der Waals surface area contributed by atoms with E-state index in [9.17, 15) is 10.2 Å². The van der Waals surface area contributed by atoms with Crippen LogP contribution in [0.4, 0.5) is 0 Å². The maximum atomic E-state index is 10.2. The number of fused-ring (bicyclic) bond motifs is 1. The summed E-state index contributed by atoms with van der Waals surface area (Å²) in [5.74, 6) is 1.98. The molecule has 0 spiro atoms. The zero-order valence-electron chi connectivity index (χ0n) is 13.0. The highest BCUT2D eigenvalue weighted by Gasteiger charge is 2.32. The molecule has 2 aromatic rings. The van der Waals surface area contributed by atoms with Crippen molar-refractivity contribution in [3.8, 4) is 5.75 Å². The molecule has 1 aromatic heterocycles. The average molecular weight is 369 g/mol. The number of nitrogens with zero attached hydrogens (tertiary/aromatic N) is 4. The van der Waals surface area contributed by atoms with Crippen molar-refractivity contribution < 1.29 is 10.2 Å². The normalized spacial score (nSPS) is 23.8. The molecule has 2 N–H and O–H groups in total. The van der Waals surface area contributed by atoms with E-state index in [1.807, 2.05) is 0 Å². The van der Waals surface area contributed by atoms with E-state index < -0.39 is 0 Å². The van der Waals surface area contributed by atoms with Crippen molar-refractivity contribution in [2.45, 2.75) is 38.0 Å². The second-order valence-electron chi connectivity index (χ2n) is 6.52. The first-order valence-electron chi connectivity index (χ1n) is 8.01. The summed E-state index contributed by atoms with van der Waals surface area (Å²) in [4.78, 5) is 2.18. The summed E-state index contributed by atoms with van der Waals surface area (Å²) in [6.07, 6.45) is 1.22. The average Bonchev–Trinajstić information content (AvgIpc) is 3.22. The molecule has 1 fully saturated rings. The summed E-state index contributed by atoms with van der Waals surface area (Å²) in [7, 11) is 0. The monoisotopic (exact) mass is 368 g/mol. The van der Waals surface area contributed by atoms with Gasteiger partial charge in [-0.05, 0) is 18.6 Å². The van der Waals surface area contributed by atoms with E-state index in [0.29, 0.717) is 41.7 Å². The summed E-state index contributed by atoms with van der Waals surface area (Å²) < 4.78 is 2.09. The molecule has 128 valence electrons. The molecule has 2 atom stereocenters. The molecule has 1 saturated heterocycles. The zero-order chi connectivity index (χ0) is 16.8. The Kier molecular flexibility index (Phi) is 4.16. The lowest BCUT2D eigenvalue weighted by atomic mass is 9.96. The smallest absolute Gasteiger partial charge is 0.147 e. The summed E-state index contributed by atoms with van der Waals surface area (Å²) in [6.45, 7) is 2.88. The number of aromatic nitrogens is 3. The third kappa shape index (κ3) is 2.77. The number of phenolic OH excluding ortho intramolecular Hbond substituents is 1. The van der Waals surface area contributed by atoms with Gasteiger partial charge in [-0.1, -0.05) is 23.2 Å². The predicted molar refractivity (Wildman–Crippen MR) is 90.5 cm³/mol. The fourth-order valence-corrected chi connectivity index (χ4v) is 4.13. The molecule has 0 saturated carbocycles. The SMILES string of the molecule is Oc1ccc(Cl)c(Cl)c1C1Cc2nnc(CN3CCC(O)C3)n2C1. The van der Waals surface area contributed by atoms with Gasteiger partial charge in [0.05, 0.1) is 22.7 Å². The largest absolute Gasteiger partial charge is 0.508 e. The molecule has 8 heteroatoms. The predicted octanol–water partition coefficient (Wildman–Crippen LogP) is 2.20. The van der Waals surface area contributed by atoms with E-state index in [1.165, 1.54) is 0 Å². The Morgan fingerprint density at radius 3 is 2.79 bits per heavy atom. The van der Waals surface area contributed by atoms with E-state index >= 15 is 0 Å². The number of aliphatic hydroxyl groups is 1. The molecule has 2 aliphatic heterocycles. The van der Waals surface area contributed by atoms with Gasteiger partial charge in [-0.3, -0.25) is 4.90 Å². The van der Waals surface area contributed by atoms with Gasteiger partial charge < -0.3 is 14.8 Å². The third-order valence-electron chi connectivity index (χ3n) is 4.87. The molecule has 2 unspecified atom stereocenters. The van der Waals surface area contributed by atoms with Gasteiger partial charge in [-0.15, -0.1) is 10.2 Å². The van der Waals surface area contributed by atoms with Crippen LogP contribution in [-0.4, -0.2) is 49.1 Å². The minimum Gasteiger partial charge on any atom is -0.508 e. The van der Waals surface area contributed by atoms with Crippen molar-refractivity contribution in [2.24, 2.45) is 0 Å². The minimum absolute atomic E-state index is 0.0321. The minimum atomic E-state index is -0.249. The summed E-state index contributed by atoms with van der Waals surface area (Å²) in [6, 6.07) is 3.18. The van der Waals surface area contributed by atoms with E-state index in [1.54, 1.807) is 12.1 Å². The van der Waals surface area contributed by atoms with Crippen molar-refractivity contribution in [3.63, 3.8) is 0 Å². The van der Waals surface area contributed by atoms with Gasteiger partial charge in [0.15, 0.2) is 0 Å². The number of aromatic hydroxyl groups is 1. The molecule has 3 heterocycles. The first-order chi connectivity index (χ1) is 11.5. The van der Waals surface area contributed by atoms with Crippen LogP contribution in [0.25, 0.3) is 0 Å². The van der Waals surface area contributed by atoms with Crippen LogP contribution in [0.3, 0.4) is 0 Å². The van der Waals surface area contributed by atoms with Crippen molar-refractivity contribution in [3.05, 3.63) is 39.4 Å². The molecule has 0 amide bonds. The maximum Gasteiger partial charge on any atom is 0.147 e. The zero-order valence-corrected chi connectivity index (χ0v) is 14.5. The first-order valence-corrected chi connectivity index (χ1v) is 8.76. The first kappa shape index (κ1) is 16.1. The molecular weight excluding hydrogens is 351 g/mol. The van der Waals surface area contributed by atoms with E-state index in [0.717, 1.165) is 24.6 Å². The van der Waals surface area contributed by atoms with Crippen LogP contribution in [0.5, 0.6) is 5.75 Å². The highest BCUT2D eigenvalue weighted by Crippen LogP contribution is 2.41. The van der Waals surface area contributed by atoms with Crippen LogP contribution in [0, 0.1) is 0 Å². The van der Waals surface area contributed by atoms with Crippen molar-refractivity contribution >= 4 is 23.2 Å². The molecule has 0 radical (unpaired) electrons. The van der Waals surface area contributed by atoms with E-state index in [-0.39, 0.29) is 17.8 Å². The number of phenols is 1.